The fourth-order valence-corrected chi connectivity index (χ4v) is 2.11. The first kappa shape index (κ1) is 17.2. The highest BCUT2D eigenvalue weighted by atomic mass is 16.4. The van der Waals surface area contributed by atoms with E-state index in [0.717, 1.165) is 6.42 Å². The van der Waals surface area contributed by atoms with Gasteiger partial charge in [0.05, 0.1) is 11.9 Å². The molecule has 3 N–H and O–H groups in total. The summed E-state index contributed by atoms with van der Waals surface area (Å²) in [4.78, 5) is 35.7. The molecule has 2 rings (SSSR count). The summed E-state index contributed by atoms with van der Waals surface area (Å²) < 4.78 is 2.56. The molecule has 2 aromatic rings. The Bertz CT molecular complexity index is 791. The standard InChI is InChI=1S/C14H18N6O4/c1-4-5-15-13(22)11-9(6-16-20(11)3)17-12(21)10-8(14(23)24)7-19(2)18-10/h6-7H,4-5H2,1-3H3,(H,15,22)(H,17,21)(H,23,24). The summed E-state index contributed by atoms with van der Waals surface area (Å²) in [6.07, 6.45) is 3.32. The van der Waals surface area contributed by atoms with E-state index < -0.39 is 11.9 Å². The number of carbonyl (C=O) groups excluding carboxylic acids is 2. The molecular formula is C14H18N6O4. The zero-order valence-electron chi connectivity index (χ0n) is 13.5. The third-order valence-corrected chi connectivity index (χ3v) is 3.21. The van der Waals surface area contributed by atoms with E-state index in [4.69, 9.17) is 5.11 Å². The van der Waals surface area contributed by atoms with Crippen molar-refractivity contribution >= 4 is 23.5 Å². The molecule has 0 radical (unpaired) electrons. The topological polar surface area (TPSA) is 131 Å². The fraction of sp³-hybridized carbons (Fsp3) is 0.357. The highest BCUT2D eigenvalue weighted by Crippen LogP contribution is 2.16. The molecule has 0 saturated heterocycles. The van der Waals surface area contributed by atoms with Gasteiger partial charge in [-0.3, -0.25) is 19.0 Å². The maximum atomic E-state index is 12.3. The van der Waals surface area contributed by atoms with Crippen LogP contribution < -0.4 is 10.6 Å². The van der Waals surface area contributed by atoms with E-state index >= 15 is 0 Å². The molecule has 128 valence electrons. The molecule has 0 aliphatic heterocycles. The van der Waals surface area contributed by atoms with Crippen molar-refractivity contribution in [1.29, 1.82) is 0 Å². The molecule has 24 heavy (non-hydrogen) atoms. The van der Waals surface area contributed by atoms with E-state index in [2.05, 4.69) is 20.8 Å². The minimum absolute atomic E-state index is 0.171. The van der Waals surface area contributed by atoms with E-state index in [0.29, 0.717) is 6.54 Å². The van der Waals surface area contributed by atoms with Gasteiger partial charge in [-0.15, -0.1) is 0 Å². The Morgan fingerprint density at radius 2 is 1.96 bits per heavy atom. The monoisotopic (exact) mass is 334 g/mol. The SMILES string of the molecule is CCCNC(=O)c1c(NC(=O)c2nn(C)cc2C(=O)O)cnn1C. The van der Waals surface area contributed by atoms with Gasteiger partial charge in [-0.05, 0) is 6.42 Å². The molecular weight excluding hydrogens is 316 g/mol. The van der Waals surface area contributed by atoms with Gasteiger partial charge in [0.1, 0.15) is 11.3 Å². The minimum atomic E-state index is -1.26. The van der Waals surface area contributed by atoms with Gasteiger partial charge >= 0.3 is 5.97 Å². The molecule has 0 unspecified atom stereocenters. The van der Waals surface area contributed by atoms with Crippen LogP contribution in [-0.2, 0) is 14.1 Å². The molecule has 10 nitrogen and oxygen atoms in total. The second kappa shape index (κ2) is 6.94. The highest BCUT2D eigenvalue weighted by molar-refractivity contribution is 6.11. The Morgan fingerprint density at radius 3 is 2.58 bits per heavy atom. The lowest BCUT2D eigenvalue weighted by atomic mass is 10.2. The molecule has 0 fully saturated rings. The Labute approximate surface area is 137 Å². The largest absolute Gasteiger partial charge is 0.478 e. The lowest BCUT2D eigenvalue weighted by Crippen LogP contribution is -2.28. The number of nitrogens with zero attached hydrogens (tertiary/aromatic N) is 4. The van der Waals surface area contributed by atoms with Crippen LogP contribution in [-0.4, -0.2) is 49.0 Å². The van der Waals surface area contributed by atoms with Crippen LogP contribution in [0, 0.1) is 0 Å². The molecule has 0 bridgehead atoms. The number of nitrogens with one attached hydrogen (secondary N) is 2. The van der Waals surface area contributed by atoms with Crippen molar-refractivity contribution in [3.63, 3.8) is 0 Å². The van der Waals surface area contributed by atoms with Crippen LogP contribution in [0.1, 0.15) is 44.7 Å². The first-order chi connectivity index (χ1) is 11.3. The molecule has 0 atom stereocenters. The van der Waals surface area contributed by atoms with Crippen molar-refractivity contribution in [2.75, 3.05) is 11.9 Å². The van der Waals surface area contributed by atoms with Crippen molar-refractivity contribution in [3.05, 3.63) is 29.3 Å². The Balaban J connectivity index is 2.27. The third-order valence-electron chi connectivity index (χ3n) is 3.21. The van der Waals surface area contributed by atoms with Crippen molar-refractivity contribution in [3.8, 4) is 0 Å². The summed E-state index contributed by atoms with van der Waals surface area (Å²) in [5.74, 6) is -2.38. The van der Waals surface area contributed by atoms with Crippen LogP contribution >= 0.6 is 0 Å². The predicted molar refractivity (Wildman–Crippen MR) is 84.0 cm³/mol. The number of amides is 2. The first-order valence-corrected chi connectivity index (χ1v) is 7.23. The van der Waals surface area contributed by atoms with Crippen molar-refractivity contribution in [2.24, 2.45) is 14.1 Å². The summed E-state index contributed by atoms with van der Waals surface area (Å²) in [6.45, 7) is 2.40. The van der Waals surface area contributed by atoms with E-state index in [1.165, 1.54) is 28.8 Å². The second-order valence-corrected chi connectivity index (χ2v) is 5.11. The number of anilines is 1. The van der Waals surface area contributed by atoms with E-state index in [9.17, 15) is 14.4 Å². The lowest BCUT2D eigenvalue weighted by Gasteiger charge is -2.07. The average Bonchev–Trinajstić information content (AvgIpc) is 3.08. The second-order valence-electron chi connectivity index (χ2n) is 5.11. The molecule has 0 aliphatic carbocycles. The number of rotatable bonds is 6. The molecule has 0 aromatic carbocycles. The minimum Gasteiger partial charge on any atom is -0.478 e. The molecule has 10 heteroatoms. The summed E-state index contributed by atoms with van der Waals surface area (Å²) in [6, 6.07) is 0. The lowest BCUT2D eigenvalue weighted by molar-refractivity contribution is 0.0692. The number of carboxylic acid groups (broad SMARTS) is 1. The Kier molecular flexibility index (Phi) is 4.97. The summed E-state index contributed by atoms with van der Waals surface area (Å²) in [5, 5.41) is 22.1. The van der Waals surface area contributed by atoms with E-state index in [1.807, 2.05) is 6.92 Å². The Morgan fingerprint density at radius 1 is 1.25 bits per heavy atom. The molecule has 0 aliphatic rings. The maximum Gasteiger partial charge on any atom is 0.339 e. The molecule has 2 aromatic heterocycles. The van der Waals surface area contributed by atoms with Gasteiger partial charge in [0.15, 0.2) is 5.69 Å². The number of aromatic nitrogens is 4. The number of hydrogen-bond acceptors (Lipinski definition) is 5. The van der Waals surface area contributed by atoms with Crippen LogP contribution in [0.4, 0.5) is 5.69 Å². The van der Waals surface area contributed by atoms with E-state index in [-0.39, 0.29) is 28.5 Å². The molecule has 0 saturated carbocycles. The zero-order chi connectivity index (χ0) is 17.9. The molecule has 2 amide bonds. The number of hydrogen-bond donors (Lipinski definition) is 3. The van der Waals surface area contributed by atoms with Gasteiger partial charge in [0, 0.05) is 26.8 Å². The van der Waals surface area contributed by atoms with Crippen molar-refractivity contribution in [2.45, 2.75) is 13.3 Å². The first-order valence-electron chi connectivity index (χ1n) is 7.23. The highest BCUT2D eigenvalue weighted by Gasteiger charge is 2.24. The fourth-order valence-electron chi connectivity index (χ4n) is 2.11. The van der Waals surface area contributed by atoms with Crippen LogP contribution in [0.2, 0.25) is 0 Å². The maximum absolute atomic E-state index is 12.3. The third kappa shape index (κ3) is 3.42. The van der Waals surface area contributed by atoms with Crippen LogP contribution in [0.15, 0.2) is 12.4 Å². The smallest absolute Gasteiger partial charge is 0.339 e. The van der Waals surface area contributed by atoms with Crippen LogP contribution in [0.25, 0.3) is 0 Å². The number of carboxylic acids is 1. The average molecular weight is 334 g/mol. The van der Waals surface area contributed by atoms with Crippen molar-refractivity contribution < 1.29 is 19.5 Å². The van der Waals surface area contributed by atoms with E-state index in [1.54, 1.807) is 7.05 Å². The zero-order valence-corrected chi connectivity index (χ0v) is 13.5. The molecule has 0 spiro atoms. The van der Waals surface area contributed by atoms with Gasteiger partial charge in [0.2, 0.25) is 0 Å². The summed E-state index contributed by atoms with van der Waals surface area (Å²) in [7, 11) is 3.08. The van der Waals surface area contributed by atoms with Gasteiger partial charge in [-0.1, -0.05) is 6.92 Å². The van der Waals surface area contributed by atoms with Crippen LogP contribution in [0.3, 0.4) is 0 Å². The van der Waals surface area contributed by atoms with Crippen LogP contribution in [0.5, 0.6) is 0 Å². The number of carbonyl (C=O) groups is 3. The van der Waals surface area contributed by atoms with Crippen molar-refractivity contribution in [1.82, 2.24) is 24.9 Å². The normalized spacial score (nSPS) is 10.5. The number of aromatic carboxylic acids is 1. The van der Waals surface area contributed by atoms with Gasteiger partial charge in [-0.25, -0.2) is 4.79 Å². The molecule has 2 heterocycles. The van der Waals surface area contributed by atoms with Gasteiger partial charge < -0.3 is 15.7 Å². The van der Waals surface area contributed by atoms with Gasteiger partial charge in [0.25, 0.3) is 11.8 Å². The predicted octanol–water partition coefficient (Wildman–Crippen LogP) is 0.244. The summed E-state index contributed by atoms with van der Waals surface area (Å²) >= 11 is 0. The summed E-state index contributed by atoms with van der Waals surface area (Å²) in [5.41, 5.74) is -0.118. The number of aryl methyl sites for hydroxylation is 2. The quantitative estimate of drug-likeness (QED) is 0.693. The Hall–Kier alpha value is -3.17. The van der Waals surface area contributed by atoms with Gasteiger partial charge in [-0.2, -0.15) is 10.2 Å².